The van der Waals surface area contributed by atoms with E-state index in [1.54, 1.807) is 11.8 Å². The first-order valence-electron chi connectivity index (χ1n) is 6.05. The van der Waals surface area contributed by atoms with Crippen LogP contribution in [0.25, 0.3) is 0 Å². The number of aromatic nitrogens is 1. The molecule has 4 nitrogen and oxygen atoms in total. The number of anilines is 2. The van der Waals surface area contributed by atoms with Crippen LogP contribution in [-0.2, 0) is 6.42 Å². The van der Waals surface area contributed by atoms with Gasteiger partial charge in [-0.25, -0.2) is 0 Å². The second kappa shape index (κ2) is 5.30. The van der Waals surface area contributed by atoms with Crippen LogP contribution in [0.4, 0.5) is 10.8 Å². The third-order valence-corrected chi connectivity index (χ3v) is 4.85. The van der Waals surface area contributed by atoms with Gasteiger partial charge >= 0.3 is 0 Å². The summed E-state index contributed by atoms with van der Waals surface area (Å²) in [5.41, 5.74) is 7.09. The maximum absolute atomic E-state index is 5.89. The van der Waals surface area contributed by atoms with Crippen molar-refractivity contribution in [2.75, 3.05) is 23.9 Å². The Kier molecular flexibility index (Phi) is 3.52. The Balaban J connectivity index is 1.63. The molecule has 0 radical (unpaired) electrons. The van der Waals surface area contributed by atoms with Crippen molar-refractivity contribution in [2.24, 2.45) is 0 Å². The van der Waals surface area contributed by atoms with Gasteiger partial charge in [-0.3, -0.25) is 0 Å². The quantitative estimate of drug-likeness (QED) is 0.849. The average Bonchev–Trinajstić information content (AvgIpc) is 2.99. The van der Waals surface area contributed by atoms with Crippen molar-refractivity contribution in [2.45, 2.75) is 17.4 Å². The van der Waals surface area contributed by atoms with Crippen molar-refractivity contribution in [3.63, 3.8) is 0 Å². The zero-order valence-corrected chi connectivity index (χ0v) is 12.2. The number of thioether (sulfide) groups is 1. The number of rotatable bonds is 4. The molecular weight excluding hydrogens is 278 g/mol. The minimum absolute atomic E-state index is 0.176. The summed E-state index contributed by atoms with van der Waals surface area (Å²) in [4.78, 5) is 1.03. The molecule has 6 heteroatoms. The standard InChI is InChI=1S/C13H15N3OS2/c1-18-11-12(14)16-19-13(11)15-7-9-6-8-4-2-3-5-10(8)17-9/h2-5,9,15H,6-7H2,1H3,(H2,14,16). The number of fused-ring (bicyclic) bond motifs is 1. The van der Waals surface area contributed by atoms with Gasteiger partial charge in [0.15, 0.2) is 5.82 Å². The largest absolute Gasteiger partial charge is 0.488 e. The molecule has 1 aliphatic heterocycles. The number of nitrogens with two attached hydrogens (primary N) is 1. The molecule has 0 fully saturated rings. The topological polar surface area (TPSA) is 60.2 Å². The van der Waals surface area contributed by atoms with Crippen molar-refractivity contribution in [3.8, 4) is 5.75 Å². The maximum atomic E-state index is 5.89. The van der Waals surface area contributed by atoms with Crippen LogP contribution in [0.15, 0.2) is 29.2 Å². The van der Waals surface area contributed by atoms with Crippen LogP contribution < -0.4 is 15.8 Å². The predicted octanol–water partition coefficient (Wildman–Crippen LogP) is 2.86. The van der Waals surface area contributed by atoms with Crippen LogP contribution in [0.3, 0.4) is 0 Å². The van der Waals surface area contributed by atoms with Gasteiger partial charge in [-0.05, 0) is 29.4 Å². The Labute approximate surface area is 120 Å². The number of ether oxygens (including phenoxy) is 1. The molecule has 3 N–H and O–H groups in total. The van der Waals surface area contributed by atoms with Gasteiger partial charge in [-0.2, -0.15) is 4.37 Å². The smallest absolute Gasteiger partial charge is 0.153 e. The SMILES string of the molecule is CSc1c(N)nsc1NCC1Cc2ccccc2O1. The lowest BCUT2D eigenvalue weighted by Crippen LogP contribution is -2.23. The van der Waals surface area contributed by atoms with E-state index in [1.165, 1.54) is 17.1 Å². The monoisotopic (exact) mass is 293 g/mol. The molecule has 0 saturated carbocycles. The Morgan fingerprint density at radius 3 is 3.16 bits per heavy atom. The number of hydrogen-bond acceptors (Lipinski definition) is 6. The summed E-state index contributed by atoms with van der Waals surface area (Å²) >= 11 is 3.02. The molecule has 0 aliphatic carbocycles. The van der Waals surface area contributed by atoms with Crippen molar-refractivity contribution in [1.29, 1.82) is 0 Å². The molecular formula is C13H15N3OS2. The van der Waals surface area contributed by atoms with Gasteiger partial charge in [0.05, 0.1) is 11.4 Å². The summed E-state index contributed by atoms with van der Waals surface area (Å²) in [7, 11) is 0. The molecule has 1 aromatic carbocycles. The zero-order valence-electron chi connectivity index (χ0n) is 10.6. The van der Waals surface area contributed by atoms with E-state index in [2.05, 4.69) is 15.8 Å². The Morgan fingerprint density at radius 1 is 1.53 bits per heavy atom. The highest BCUT2D eigenvalue weighted by Crippen LogP contribution is 2.35. The number of nitrogens with one attached hydrogen (secondary N) is 1. The van der Waals surface area contributed by atoms with Crippen LogP contribution >= 0.6 is 23.3 Å². The first-order valence-corrected chi connectivity index (χ1v) is 8.05. The molecule has 100 valence electrons. The van der Waals surface area contributed by atoms with Gasteiger partial charge in [-0.1, -0.05) is 18.2 Å². The summed E-state index contributed by atoms with van der Waals surface area (Å²) in [5.74, 6) is 1.61. The minimum Gasteiger partial charge on any atom is -0.488 e. The first-order chi connectivity index (χ1) is 9.28. The highest BCUT2D eigenvalue weighted by atomic mass is 32.2. The molecule has 3 rings (SSSR count). The van der Waals surface area contributed by atoms with E-state index in [9.17, 15) is 0 Å². The second-order valence-corrected chi connectivity index (χ2v) is 5.95. The Morgan fingerprint density at radius 2 is 2.37 bits per heavy atom. The van der Waals surface area contributed by atoms with E-state index in [1.807, 2.05) is 24.5 Å². The Hall–Kier alpha value is -1.40. The molecule has 0 amide bonds. The molecule has 1 aromatic heterocycles. The minimum atomic E-state index is 0.176. The highest BCUT2D eigenvalue weighted by molar-refractivity contribution is 7.99. The molecule has 0 spiro atoms. The van der Waals surface area contributed by atoms with Gasteiger partial charge in [-0.15, -0.1) is 11.8 Å². The lowest BCUT2D eigenvalue weighted by molar-refractivity contribution is 0.246. The summed E-state index contributed by atoms with van der Waals surface area (Å²) in [6, 6.07) is 8.19. The third-order valence-electron chi connectivity index (χ3n) is 3.08. The lowest BCUT2D eigenvalue weighted by Gasteiger charge is -2.12. The van der Waals surface area contributed by atoms with E-state index in [-0.39, 0.29) is 6.10 Å². The highest BCUT2D eigenvalue weighted by Gasteiger charge is 2.22. The van der Waals surface area contributed by atoms with Gasteiger partial charge < -0.3 is 15.8 Å². The van der Waals surface area contributed by atoms with E-state index >= 15 is 0 Å². The van der Waals surface area contributed by atoms with Gasteiger partial charge in [0.2, 0.25) is 0 Å². The fourth-order valence-electron chi connectivity index (χ4n) is 2.18. The van der Waals surface area contributed by atoms with Crippen LogP contribution in [0, 0.1) is 0 Å². The average molecular weight is 293 g/mol. The van der Waals surface area contributed by atoms with E-state index in [0.717, 1.165) is 28.6 Å². The summed E-state index contributed by atoms with van der Waals surface area (Å²) in [5, 5.41) is 4.42. The summed E-state index contributed by atoms with van der Waals surface area (Å²) < 4.78 is 10.1. The Bertz CT molecular complexity index is 560. The van der Waals surface area contributed by atoms with Crippen LogP contribution in [-0.4, -0.2) is 23.3 Å². The number of para-hydroxylation sites is 1. The fraction of sp³-hybridized carbons (Fsp3) is 0.308. The van der Waals surface area contributed by atoms with Gasteiger partial charge in [0.1, 0.15) is 16.9 Å². The zero-order chi connectivity index (χ0) is 13.2. The van der Waals surface area contributed by atoms with Crippen LogP contribution in [0.5, 0.6) is 5.75 Å². The van der Waals surface area contributed by atoms with E-state index in [0.29, 0.717) is 5.82 Å². The molecule has 0 bridgehead atoms. The molecule has 1 atom stereocenters. The molecule has 19 heavy (non-hydrogen) atoms. The number of nitrogens with zero attached hydrogens (tertiary/aromatic N) is 1. The second-order valence-electron chi connectivity index (χ2n) is 4.36. The van der Waals surface area contributed by atoms with Crippen molar-refractivity contribution in [1.82, 2.24) is 4.37 Å². The van der Waals surface area contributed by atoms with Crippen molar-refractivity contribution >= 4 is 34.1 Å². The normalized spacial score (nSPS) is 17.0. The number of hydrogen-bond donors (Lipinski definition) is 2. The molecule has 2 aromatic rings. The van der Waals surface area contributed by atoms with Crippen LogP contribution in [0.2, 0.25) is 0 Å². The lowest BCUT2D eigenvalue weighted by atomic mass is 10.1. The van der Waals surface area contributed by atoms with Crippen molar-refractivity contribution < 1.29 is 4.74 Å². The summed E-state index contributed by atoms with van der Waals surface area (Å²) in [6.07, 6.45) is 3.13. The molecule has 2 heterocycles. The summed E-state index contributed by atoms with van der Waals surface area (Å²) in [6.45, 7) is 0.768. The first kappa shape index (κ1) is 12.6. The number of nitrogen functional groups attached to an aromatic ring is 1. The maximum Gasteiger partial charge on any atom is 0.153 e. The van der Waals surface area contributed by atoms with E-state index < -0.39 is 0 Å². The van der Waals surface area contributed by atoms with Crippen LogP contribution in [0.1, 0.15) is 5.56 Å². The fourth-order valence-corrected chi connectivity index (χ4v) is 3.73. The molecule has 0 saturated heterocycles. The number of benzene rings is 1. The van der Waals surface area contributed by atoms with E-state index in [4.69, 9.17) is 10.5 Å². The molecule has 1 aliphatic rings. The third kappa shape index (κ3) is 2.50. The van der Waals surface area contributed by atoms with Gasteiger partial charge in [0, 0.05) is 6.42 Å². The molecule has 1 unspecified atom stereocenters. The van der Waals surface area contributed by atoms with Crippen molar-refractivity contribution in [3.05, 3.63) is 29.8 Å². The predicted molar refractivity (Wildman–Crippen MR) is 81.4 cm³/mol. The van der Waals surface area contributed by atoms with Gasteiger partial charge in [0.25, 0.3) is 0 Å².